The van der Waals surface area contributed by atoms with Crippen LogP contribution in [0.5, 0.6) is 0 Å². The van der Waals surface area contributed by atoms with Gasteiger partial charge >= 0.3 is 5.97 Å². The first kappa shape index (κ1) is 27.3. The topological polar surface area (TPSA) is 56.6 Å². The molecule has 0 saturated carbocycles. The SMILES string of the molecule is CCCOC(=O)C(C)(C)c1ccc(CCN2CCC(c3nc4ccccc4n3CCOCC)CC2)cc1. The lowest BCUT2D eigenvalue weighted by Gasteiger charge is -2.32. The summed E-state index contributed by atoms with van der Waals surface area (Å²) in [7, 11) is 0. The van der Waals surface area contributed by atoms with Crippen molar-refractivity contribution in [3.05, 3.63) is 65.5 Å². The largest absolute Gasteiger partial charge is 0.465 e. The van der Waals surface area contributed by atoms with Gasteiger partial charge in [0.2, 0.25) is 0 Å². The molecule has 1 aliphatic heterocycles. The summed E-state index contributed by atoms with van der Waals surface area (Å²) >= 11 is 0. The first-order chi connectivity index (χ1) is 17.9. The van der Waals surface area contributed by atoms with Crippen LogP contribution in [0.2, 0.25) is 0 Å². The predicted molar refractivity (Wildman–Crippen MR) is 149 cm³/mol. The summed E-state index contributed by atoms with van der Waals surface area (Å²) < 4.78 is 13.4. The Labute approximate surface area is 222 Å². The van der Waals surface area contributed by atoms with Crippen molar-refractivity contribution >= 4 is 17.0 Å². The summed E-state index contributed by atoms with van der Waals surface area (Å²) in [6.45, 7) is 14.0. The molecule has 0 amide bonds. The summed E-state index contributed by atoms with van der Waals surface area (Å²) in [5, 5.41) is 0. The second-order valence-corrected chi connectivity index (χ2v) is 10.6. The molecule has 1 saturated heterocycles. The van der Waals surface area contributed by atoms with E-state index in [1.54, 1.807) is 0 Å². The van der Waals surface area contributed by atoms with Gasteiger partial charge in [-0.2, -0.15) is 0 Å². The van der Waals surface area contributed by atoms with Gasteiger partial charge in [0, 0.05) is 25.6 Å². The van der Waals surface area contributed by atoms with Gasteiger partial charge in [-0.3, -0.25) is 4.79 Å². The molecule has 0 radical (unpaired) electrons. The molecule has 4 rings (SSSR count). The maximum atomic E-state index is 12.5. The fourth-order valence-electron chi connectivity index (χ4n) is 5.22. The van der Waals surface area contributed by atoms with Gasteiger partial charge in [-0.1, -0.05) is 43.3 Å². The third kappa shape index (κ3) is 6.60. The fourth-order valence-corrected chi connectivity index (χ4v) is 5.22. The lowest BCUT2D eigenvalue weighted by molar-refractivity contribution is -0.149. The highest BCUT2D eigenvalue weighted by molar-refractivity contribution is 5.82. The van der Waals surface area contributed by atoms with Crippen LogP contribution in [0.15, 0.2) is 48.5 Å². The Balaban J connectivity index is 1.31. The van der Waals surface area contributed by atoms with Crippen LogP contribution in [0, 0.1) is 0 Å². The molecule has 200 valence electrons. The number of carbonyl (C=O) groups excluding carboxylic acids is 1. The van der Waals surface area contributed by atoms with Crippen molar-refractivity contribution in [2.45, 2.75) is 71.3 Å². The van der Waals surface area contributed by atoms with Gasteiger partial charge in [0.25, 0.3) is 0 Å². The summed E-state index contributed by atoms with van der Waals surface area (Å²) in [5.74, 6) is 1.55. The number of nitrogens with zero attached hydrogens (tertiary/aromatic N) is 3. The number of hydrogen-bond donors (Lipinski definition) is 0. The zero-order valence-electron chi connectivity index (χ0n) is 23.0. The Morgan fingerprint density at radius 1 is 1.00 bits per heavy atom. The number of hydrogen-bond acceptors (Lipinski definition) is 5. The van der Waals surface area contributed by atoms with Crippen LogP contribution < -0.4 is 0 Å². The van der Waals surface area contributed by atoms with Crippen molar-refractivity contribution in [1.82, 2.24) is 14.5 Å². The number of ether oxygens (including phenoxy) is 2. The molecule has 2 heterocycles. The summed E-state index contributed by atoms with van der Waals surface area (Å²) in [6.07, 6.45) is 4.11. The molecule has 0 N–H and O–H groups in total. The molecule has 0 aliphatic carbocycles. The summed E-state index contributed by atoms with van der Waals surface area (Å²) in [5.41, 5.74) is 3.98. The number of imidazole rings is 1. The van der Waals surface area contributed by atoms with Crippen LogP contribution in [0.4, 0.5) is 0 Å². The number of carbonyl (C=O) groups is 1. The number of para-hydroxylation sites is 2. The Morgan fingerprint density at radius 3 is 2.43 bits per heavy atom. The first-order valence-corrected chi connectivity index (χ1v) is 14.0. The Bertz CT molecular complexity index is 1140. The number of esters is 1. The lowest BCUT2D eigenvalue weighted by atomic mass is 9.84. The van der Waals surface area contributed by atoms with Gasteiger partial charge in [0.1, 0.15) is 5.82 Å². The molecule has 37 heavy (non-hydrogen) atoms. The van der Waals surface area contributed by atoms with E-state index in [0.717, 1.165) is 76.2 Å². The maximum absolute atomic E-state index is 12.5. The van der Waals surface area contributed by atoms with E-state index in [2.05, 4.69) is 58.0 Å². The van der Waals surface area contributed by atoms with Crippen molar-refractivity contribution < 1.29 is 14.3 Å². The Kier molecular flexibility index (Phi) is 9.38. The minimum Gasteiger partial charge on any atom is -0.465 e. The highest BCUT2D eigenvalue weighted by atomic mass is 16.5. The highest BCUT2D eigenvalue weighted by Crippen LogP contribution is 2.31. The Hall–Kier alpha value is -2.70. The maximum Gasteiger partial charge on any atom is 0.315 e. The van der Waals surface area contributed by atoms with Crippen LogP contribution in [0.3, 0.4) is 0 Å². The highest BCUT2D eigenvalue weighted by Gasteiger charge is 2.31. The molecule has 0 atom stereocenters. The molecule has 6 nitrogen and oxygen atoms in total. The van der Waals surface area contributed by atoms with Crippen molar-refractivity contribution in [2.24, 2.45) is 0 Å². The standard InChI is InChI=1S/C31H43N3O3/c1-5-22-37-30(35)31(3,4)26-13-11-24(12-14-26)15-18-33-19-16-25(17-20-33)29-32-27-9-7-8-10-28(27)34(29)21-23-36-6-2/h7-14,25H,5-6,15-23H2,1-4H3. The quantitative estimate of drug-likeness (QED) is 0.233. The average molecular weight is 506 g/mol. The first-order valence-electron chi connectivity index (χ1n) is 14.0. The number of rotatable bonds is 12. The van der Waals surface area contributed by atoms with E-state index in [9.17, 15) is 4.79 Å². The number of aromatic nitrogens is 2. The minimum atomic E-state index is -0.630. The van der Waals surface area contributed by atoms with E-state index in [4.69, 9.17) is 14.5 Å². The number of fused-ring (bicyclic) bond motifs is 1. The van der Waals surface area contributed by atoms with E-state index >= 15 is 0 Å². The molecule has 1 aliphatic rings. The predicted octanol–water partition coefficient (Wildman–Crippen LogP) is 5.73. The Morgan fingerprint density at radius 2 is 1.73 bits per heavy atom. The van der Waals surface area contributed by atoms with Gasteiger partial charge in [0.05, 0.1) is 29.7 Å². The van der Waals surface area contributed by atoms with Gasteiger partial charge < -0.3 is 18.9 Å². The normalized spacial score (nSPS) is 15.4. The third-order valence-corrected chi connectivity index (χ3v) is 7.64. The molecular weight excluding hydrogens is 462 g/mol. The van der Waals surface area contributed by atoms with E-state index in [1.807, 2.05) is 27.7 Å². The second-order valence-electron chi connectivity index (χ2n) is 10.6. The van der Waals surface area contributed by atoms with Crippen LogP contribution in [0.1, 0.15) is 69.8 Å². The molecule has 2 aromatic carbocycles. The molecule has 0 bridgehead atoms. The van der Waals surface area contributed by atoms with Crippen molar-refractivity contribution in [2.75, 3.05) is 39.5 Å². The molecule has 6 heteroatoms. The van der Waals surface area contributed by atoms with Gasteiger partial charge in [0.15, 0.2) is 0 Å². The smallest absolute Gasteiger partial charge is 0.315 e. The summed E-state index contributed by atoms with van der Waals surface area (Å²) in [6, 6.07) is 17.0. The van der Waals surface area contributed by atoms with E-state index in [0.29, 0.717) is 12.5 Å². The van der Waals surface area contributed by atoms with Crippen molar-refractivity contribution in [3.8, 4) is 0 Å². The monoisotopic (exact) mass is 505 g/mol. The average Bonchev–Trinajstić information content (AvgIpc) is 3.29. The van der Waals surface area contributed by atoms with Gasteiger partial charge in [-0.15, -0.1) is 0 Å². The van der Waals surface area contributed by atoms with Crippen LogP contribution >= 0.6 is 0 Å². The van der Waals surface area contributed by atoms with E-state index in [-0.39, 0.29) is 5.97 Å². The van der Waals surface area contributed by atoms with Gasteiger partial charge in [-0.25, -0.2) is 4.98 Å². The van der Waals surface area contributed by atoms with Crippen LogP contribution in [0.25, 0.3) is 11.0 Å². The number of benzene rings is 2. The van der Waals surface area contributed by atoms with Crippen molar-refractivity contribution in [3.63, 3.8) is 0 Å². The van der Waals surface area contributed by atoms with E-state index in [1.165, 1.54) is 16.9 Å². The molecule has 0 spiro atoms. The van der Waals surface area contributed by atoms with Crippen LogP contribution in [-0.4, -0.2) is 59.9 Å². The van der Waals surface area contributed by atoms with Crippen LogP contribution in [-0.2, 0) is 32.6 Å². The molecule has 3 aromatic rings. The second kappa shape index (κ2) is 12.7. The minimum absolute atomic E-state index is 0.156. The van der Waals surface area contributed by atoms with E-state index < -0.39 is 5.41 Å². The molecule has 1 fully saturated rings. The zero-order chi connectivity index (χ0) is 26.3. The molecule has 0 unspecified atom stereocenters. The summed E-state index contributed by atoms with van der Waals surface area (Å²) in [4.78, 5) is 20.1. The zero-order valence-corrected chi connectivity index (χ0v) is 23.0. The molecule has 1 aromatic heterocycles. The van der Waals surface area contributed by atoms with Crippen molar-refractivity contribution in [1.29, 1.82) is 0 Å². The molecular formula is C31H43N3O3. The number of piperidine rings is 1. The third-order valence-electron chi connectivity index (χ3n) is 7.64. The lowest BCUT2D eigenvalue weighted by Crippen LogP contribution is -2.35. The fraction of sp³-hybridized carbons (Fsp3) is 0.548. The number of likely N-dealkylation sites (tertiary alicyclic amines) is 1. The van der Waals surface area contributed by atoms with Gasteiger partial charge in [-0.05, 0) is 82.8 Å².